The second-order valence-corrected chi connectivity index (χ2v) is 6.88. The third kappa shape index (κ3) is 4.54. The van der Waals surface area contributed by atoms with Crippen LogP contribution in [0.15, 0.2) is 35.7 Å². The fraction of sp³-hybridized carbons (Fsp3) is 0.368. The van der Waals surface area contributed by atoms with Gasteiger partial charge in [-0.1, -0.05) is 19.1 Å². The van der Waals surface area contributed by atoms with Gasteiger partial charge in [0.1, 0.15) is 23.8 Å². The van der Waals surface area contributed by atoms with Crippen LogP contribution in [0.2, 0.25) is 0 Å². The van der Waals surface area contributed by atoms with Gasteiger partial charge in [-0.15, -0.1) is 11.3 Å². The summed E-state index contributed by atoms with van der Waals surface area (Å²) in [5.74, 6) is 1.45. The molecule has 0 spiro atoms. The van der Waals surface area contributed by atoms with Crippen LogP contribution in [-0.2, 0) is 4.79 Å². The fourth-order valence-corrected chi connectivity index (χ4v) is 3.52. The molecule has 26 heavy (non-hydrogen) atoms. The Labute approximate surface area is 156 Å². The Bertz CT molecular complexity index is 799. The van der Waals surface area contributed by atoms with Crippen molar-refractivity contribution in [3.05, 3.63) is 41.3 Å². The van der Waals surface area contributed by atoms with E-state index in [0.717, 1.165) is 18.0 Å². The van der Waals surface area contributed by atoms with Crippen LogP contribution in [0.1, 0.15) is 18.9 Å². The fourth-order valence-electron chi connectivity index (χ4n) is 2.76. The van der Waals surface area contributed by atoms with Gasteiger partial charge in [0.25, 0.3) is 0 Å². The maximum atomic E-state index is 12.2. The molecule has 1 aliphatic heterocycles. The first-order valence-corrected chi connectivity index (χ1v) is 9.46. The predicted octanol–water partition coefficient (Wildman–Crippen LogP) is 3.11. The zero-order chi connectivity index (χ0) is 18.4. The molecule has 1 amide bonds. The van der Waals surface area contributed by atoms with Gasteiger partial charge in [-0.2, -0.15) is 5.26 Å². The maximum Gasteiger partial charge on any atom is 0.226 e. The average molecular weight is 371 g/mol. The summed E-state index contributed by atoms with van der Waals surface area (Å²) in [7, 11) is 0. The predicted molar refractivity (Wildman–Crippen MR) is 101 cm³/mol. The number of nitriles is 1. The van der Waals surface area contributed by atoms with E-state index in [1.807, 2.05) is 24.3 Å². The molecule has 3 rings (SSSR count). The zero-order valence-electron chi connectivity index (χ0n) is 14.6. The second kappa shape index (κ2) is 8.70. The summed E-state index contributed by atoms with van der Waals surface area (Å²) < 4.78 is 11.7. The molecule has 0 bridgehead atoms. The number of likely N-dealkylation sites (N-methyl/N-ethyl adjacent to an activating group) is 1. The highest BCUT2D eigenvalue weighted by atomic mass is 32.1. The lowest BCUT2D eigenvalue weighted by atomic mass is 10.2. The van der Waals surface area contributed by atoms with Crippen molar-refractivity contribution in [2.45, 2.75) is 19.4 Å². The summed E-state index contributed by atoms with van der Waals surface area (Å²) in [4.78, 5) is 14.3. The molecule has 0 fully saturated rings. The van der Waals surface area contributed by atoms with E-state index >= 15 is 0 Å². The van der Waals surface area contributed by atoms with Crippen molar-refractivity contribution in [1.82, 2.24) is 4.90 Å². The molecule has 0 radical (unpaired) electrons. The van der Waals surface area contributed by atoms with E-state index in [1.54, 1.807) is 11.4 Å². The molecule has 0 aliphatic carbocycles. The third-order valence-corrected chi connectivity index (χ3v) is 5.00. The number of amides is 1. The summed E-state index contributed by atoms with van der Waals surface area (Å²) in [6, 6.07) is 11.4. The lowest BCUT2D eigenvalue weighted by Crippen LogP contribution is -2.41. The van der Waals surface area contributed by atoms with Gasteiger partial charge in [0.05, 0.1) is 5.56 Å². The SMILES string of the molecule is CCN(CCC(=O)Nc1sccc1C#N)CC1COc2ccccc2O1. The number of hydrogen-bond acceptors (Lipinski definition) is 6. The molecule has 0 saturated heterocycles. The van der Waals surface area contributed by atoms with Gasteiger partial charge in [0, 0.05) is 19.5 Å². The normalized spacial score (nSPS) is 15.5. The van der Waals surface area contributed by atoms with Gasteiger partial charge in [-0.25, -0.2) is 0 Å². The molecule has 0 saturated carbocycles. The highest BCUT2D eigenvalue weighted by Gasteiger charge is 2.23. The molecular formula is C19H21N3O3S. The van der Waals surface area contributed by atoms with Crippen molar-refractivity contribution in [3.63, 3.8) is 0 Å². The number of ether oxygens (including phenoxy) is 2. The van der Waals surface area contributed by atoms with E-state index < -0.39 is 0 Å². The van der Waals surface area contributed by atoms with Gasteiger partial charge >= 0.3 is 0 Å². The lowest BCUT2D eigenvalue weighted by Gasteiger charge is -2.30. The number of nitrogens with one attached hydrogen (secondary N) is 1. The Morgan fingerprint density at radius 2 is 2.19 bits per heavy atom. The van der Waals surface area contributed by atoms with Crippen molar-refractivity contribution < 1.29 is 14.3 Å². The molecule has 6 nitrogen and oxygen atoms in total. The largest absolute Gasteiger partial charge is 0.486 e. The van der Waals surface area contributed by atoms with Crippen molar-refractivity contribution in [2.24, 2.45) is 0 Å². The Balaban J connectivity index is 1.48. The van der Waals surface area contributed by atoms with E-state index in [4.69, 9.17) is 14.7 Å². The highest BCUT2D eigenvalue weighted by molar-refractivity contribution is 7.14. The lowest BCUT2D eigenvalue weighted by molar-refractivity contribution is -0.116. The number of benzene rings is 1. The second-order valence-electron chi connectivity index (χ2n) is 5.96. The van der Waals surface area contributed by atoms with Gasteiger partial charge in [0.2, 0.25) is 5.91 Å². The van der Waals surface area contributed by atoms with Crippen LogP contribution in [0.4, 0.5) is 5.00 Å². The first kappa shape index (κ1) is 18.2. The van der Waals surface area contributed by atoms with Gasteiger partial charge in [0.15, 0.2) is 11.5 Å². The van der Waals surface area contributed by atoms with Crippen LogP contribution >= 0.6 is 11.3 Å². The standard InChI is InChI=1S/C19H21N3O3S/c1-2-22(9-7-18(23)21-19-14(11-20)8-10-26-19)12-15-13-24-16-5-3-4-6-17(16)25-15/h3-6,8,10,15H,2,7,9,12-13H2,1H3,(H,21,23). The summed E-state index contributed by atoms with van der Waals surface area (Å²) >= 11 is 1.36. The Kier molecular flexibility index (Phi) is 6.10. The molecular weight excluding hydrogens is 350 g/mol. The Hall–Kier alpha value is -2.56. The topological polar surface area (TPSA) is 74.6 Å². The summed E-state index contributed by atoms with van der Waals surface area (Å²) in [5, 5.41) is 14.2. The van der Waals surface area contributed by atoms with Crippen LogP contribution in [0, 0.1) is 11.3 Å². The molecule has 1 atom stereocenters. The minimum atomic E-state index is -0.0893. The minimum Gasteiger partial charge on any atom is -0.486 e. The monoisotopic (exact) mass is 371 g/mol. The zero-order valence-corrected chi connectivity index (χ0v) is 15.4. The van der Waals surface area contributed by atoms with Gasteiger partial charge < -0.3 is 14.8 Å². The molecule has 7 heteroatoms. The molecule has 1 aromatic carbocycles. The number of thiophene rings is 1. The van der Waals surface area contributed by atoms with Crippen LogP contribution in [0.3, 0.4) is 0 Å². The number of anilines is 1. The number of fused-ring (bicyclic) bond motifs is 1. The number of nitrogens with zero attached hydrogens (tertiary/aromatic N) is 2. The minimum absolute atomic E-state index is 0.0598. The molecule has 1 aliphatic rings. The van der Waals surface area contributed by atoms with Gasteiger partial charge in [-0.3, -0.25) is 9.69 Å². The van der Waals surface area contributed by atoms with Gasteiger partial charge in [-0.05, 0) is 30.1 Å². The number of para-hydroxylation sites is 2. The number of carbonyl (C=O) groups is 1. The summed E-state index contributed by atoms with van der Waals surface area (Å²) in [5.41, 5.74) is 0.502. The third-order valence-electron chi connectivity index (χ3n) is 4.17. The summed E-state index contributed by atoms with van der Waals surface area (Å²) in [6.07, 6.45) is 0.302. The highest BCUT2D eigenvalue weighted by Crippen LogP contribution is 2.31. The number of rotatable bonds is 7. The van der Waals surface area contributed by atoms with Crippen LogP contribution in [-0.4, -0.2) is 43.2 Å². The van der Waals surface area contributed by atoms with E-state index in [-0.39, 0.29) is 12.0 Å². The smallest absolute Gasteiger partial charge is 0.226 e. The first-order valence-electron chi connectivity index (χ1n) is 8.58. The first-order chi connectivity index (χ1) is 12.7. The molecule has 1 unspecified atom stereocenters. The van der Waals surface area contributed by atoms with E-state index in [2.05, 4.69) is 23.2 Å². The molecule has 1 N–H and O–H groups in total. The van der Waals surface area contributed by atoms with E-state index in [9.17, 15) is 4.79 Å². The number of carbonyl (C=O) groups excluding carboxylic acids is 1. The molecule has 2 heterocycles. The molecule has 2 aromatic rings. The van der Waals surface area contributed by atoms with Crippen molar-refractivity contribution in [2.75, 3.05) is 31.6 Å². The molecule has 136 valence electrons. The van der Waals surface area contributed by atoms with Crippen LogP contribution in [0.25, 0.3) is 0 Å². The van der Waals surface area contributed by atoms with Crippen LogP contribution < -0.4 is 14.8 Å². The quantitative estimate of drug-likeness (QED) is 0.809. The van der Waals surface area contributed by atoms with Crippen LogP contribution in [0.5, 0.6) is 11.5 Å². The summed E-state index contributed by atoms with van der Waals surface area (Å²) in [6.45, 7) is 4.69. The van der Waals surface area contributed by atoms with E-state index in [1.165, 1.54) is 11.3 Å². The Morgan fingerprint density at radius 1 is 1.38 bits per heavy atom. The Morgan fingerprint density at radius 3 is 2.96 bits per heavy atom. The van der Waals surface area contributed by atoms with Crippen molar-refractivity contribution in [3.8, 4) is 17.6 Å². The average Bonchev–Trinajstić information content (AvgIpc) is 3.12. The van der Waals surface area contributed by atoms with E-state index in [0.29, 0.717) is 36.7 Å². The van der Waals surface area contributed by atoms with Crippen molar-refractivity contribution in [1.29, 1.82) is 5.26 Å². The van der Waals surface area contributed by atoms with Crippen molar-refractivity contribution >= 4 is 22.2 Å². The molecule has 1 aromatic heterocycles. The maximum absolute atomic E-state index is 12.2. The number of hydrogen-bond donors (Lipinski definition) is 1.